The van der Waals surface area contributed by atoms with E-state index in [2.05, 4.69) is 21.8 Å². The van der Waals surface area contributed by atoms with Gasteiger partial charge in [0.2, 0.25) is 0 Å². The lowest BCUT2D eigenvalue weighted by Gasteiger charge is -2.36. The van der Waals surface area contributed by atoms with E-state index in [0.29, 0.717) is 23.8 Å². The molecule has 0 spiro atoms. The first-order valence-electron chi connectivity index (χ1n) is 7.57. The zero-order valence-corrected chi connectivity index (χ0v) is 12.4. The van der Waals surface area contributed by atoms with Gasteiger partial charge in [-0.15, -0.1) is 0 Å². The van der Waals surface area contributed by atoms with Crippen LogP contribution in [-0.2, 0) is 6.54 Å². The van der Waals surface area contributed by atoms with Crippen LogP contribution >= 0.6 is 0 Å². The van der Waals surface area contributed by atoms with Crippen LogP contribution in [0.15, 0.2) is 29.1 Å². The second-order valence-electron chi connectivity index (χ2n) is 6.03. The van der Waals surface area contributed by atoms with Crippen molar-refractivity contribution in [3.63, 3.8) is 0 Å². The Balaban J connectivity index is 1.80. The molecule has 2 aromatic rings. The molecule has 0 aliphatic carbocycles. The van der Waals surface area contributed by atoms with E-state index in [4.69, 9.17) is 5.73 Å². The first-order valence-corrected chi connectivity index (χ1v) is 7.57. The van der Waals surface area contributed by atoms with E-state index in [1.54, 1.807) is 6.07 Å². The Labute approximate surface area is 124 Å². The standard InChI is InChI=1S/C16H22N4O/c1-11-6-7-20(9-12(11)8-17)10-15-18-14-5-3-2-4-13(14)16(21)19-15/h2-5,11-12H,6-10,17H2,1H3,(H,18,19,21). The third-order valence-corrected chi connectivity index (χ3v) is 4.54. The average Bonchev–Trinajstić information content (AvgIpc) is 2.49. The SMILES string of the molecule is CC1CCN(Cc2nc3ccccc3c(=O)[nH]2)CC1CN. The van der Waals surface area contributed by atoms with Crippen LogP contribution < -0.4 is 11.3 Å². The molecule has 112 valence electrons. The summed E-state index contributed by atoms with van der Waals surface area (Å²) in [5, 5.41) is 0.647. The Morgan fingerprint density at radius 2 is 2.24 bits per heavy atom. The molecule has 2 atom stereocenters. The van der Waals surface area contributed by atoms with E-state index in [1.807, 2.05) is 18.2 Å². The smallest absolute Gasteiger partial charge is 0.258 e. The van der Waals surface area contributed by atoms with Gasteiger partial charge in [-0.2, -0.15) is 0 Å². The van der Waals surface area contributed by atoms with E-state index in [0.717, 1.165) is 37.4 Å². The van der Waals surface area contributed by atoms with Crippen LogP contribution in [0.5, 0.6) is 0 Å². The van der Waals surface area contributed by atoms with Gasteiger partial charge in [0.05, 0.1) is 17.4 Å². The molecular formula is C16H22N4O. The van der Waals surface area contributed by atoms with Gasteiger partial charge in [0.1, 0.15) is 5.82 Å². The Hall–Kier alpha value is -1.72. The Morgan fingerprint density at radius 1 is 1.43 bits per heavy atom. The highest BCUT2D eigenvalue weighted by Crippen LogP contribution is 2.23. The van der Waals surface area contributed by atoms with Crippen molar-refractivity contribution in [1.82, 2.24) is 14.9 Å². The Bertz CT molecular complexity index is 681. The fraction of sp³-hybridized carbons (Fsp3) is 0.500. The number of H-pyrrole nitrogens is 1. The van der Waals surface area contributed by atoms with Crippen molar-refractivity contribution in [1.29, 1.82) is 0 Å². The summed E-state index contributed by atoms with van der Waals surface area (Å²) in [5.74, 6) is 1.95. The highest BCUT2D eigenvalue weighted by molar-refractivity contribution is 5.77. The molecule has 2 heterocycles. The van der Waals surface area contributed by atoms with E-state index in [-0.39, 0.29) is 5.56 Å². The predicted molar refractivity (Wildman–Crippen MR) is 84.0 cm³/mol. The molecule has 21 heavy (non-hydrogen) atoms. The number of aromatic amines is 1. The molecule has 5 heteroatoms. The summed E-state index contributed by atoms with van der Waals surface area (Å²) in [6, 6.07) is 7.45. The fourth-order valence-electron chi connectivity index (χ4n) is 3.10. The summed E-state index contributed by atoms with van der Waals surface area (Å²) in [5.41, 5.74) is 6.55. The highest BCUT2D eigenvalue weighted by atomic mass is 16.1. The molecular weight excluding hydrogens is 264 g/mol. The maximum atomic E-state index is 12.1. The minimum absolute atomic E-state index is 0.0589. The number of benzene rings is 1. The quantitative estimate of drug-likeness (QED) is 0.893. The van der Waals surface area contributed by atoms with Crippen LogP contribution in [0.3, 0.4) is 0 Å². The second-order valence-corrected chi connectivity index (χ2v) is 6.03. The predicted octanol–water partition coefficient (Wildman–Crippen LogP) is 1.34. The number of nitrogens with two attached hydrogens (primary N) is 1. The zero-order chi connectivity index (χ0) is 14.8. The second kappa shape index (κ2) is 5.95. The van der Waals surface area contributed by atoms with E-state index in [9.17, 15) is 4.79 Å². The number of hydrogen-bond acceptors (Lipinski definition) is 4. The summed E-state index contributed by atoms with van der Waals surface area (Å²) in [6.07, 6.45) is 1.15. The molecule has 5 nitrogen and oxygen atoms in total. The molecule has 0 amide bonds. The van der Waals surface area contributed by atoms with Crippen LogP contribution in [0.1, 0.15) is 19.2 Å². The first kappa shape index (κ1) is 14.2. The number of nitrogens with one attached hydrogen (secondary N) is 1. The molecule has 3 rings (SSSR count). The molecule has 1 aliphatic rings. The summed E-state index contributed by atoms with van der Waals surface area (Å²) in [7, 11) is 0. The largest absolute Gasteiger partial charge is 0.330 e. The topological polar surface area (TPSA) is 75.0 Å². The van der Waals surface area contributed by atoms with Crippen molar-refractivity contribution in [3.05, 3.63) is 40.4 Å². The summed E-state index contributed by atoms with van der Waals surface area (Å²) in [6.45, 7) is 5.69. The fourth-order valence-corrected chi connectivity index (χ4v) is 3.10. The summed E-state index contributed by atoms with van der Waals surface area (Å²) in [4.78, 5) is 21.9. The van der Waals surface area contributed by atoms with Gasteiger partial charge in [-0.1, -0.05) is 19.1 Å². The Morgan fingerprint density at radius 3 is 3.05 bits per heavy atom. The number of hydrogen-bond donors (Lipinski definition) is 2. The monoisotopic (exact) mass is 286 g/mol. The van der Waals surface area contributed by atoms with Crippen molar-refractivity contribution < 1.29 is 0 Å². The number of fused-ring (bicyclic) bond motifs is 1. The van der Waals surface area contributed by atoms with Crippen molar-refractivity contribution >= 4 is 10.9 Å². The molecule has 1 aromatic carbocycles. The van der Waals surface area contributed by atoms with Crippen LogP contribution in [0.25, 0.3) is 10.9 Å². The molecule has 1 aromatic heterocycles. The van der Waals surface area contributed by atoms with Crippen LogP contribution in [0.2, 0.25) is 0 Å². The number of nitrogens with zero attached hydrogens (tertiary/aromatic N) is 2. The maximum absolute atomic E-state index is 12.1. The average molecular weight is 286 g/mol. The lowest BCUT2D eigenvalue weighted by Crippen LogP contribution is -2.42. The number of para-hydroxylation sites is 1. The molecule has 1 aliphatic heterocycles. The molecule has 2 unspecified atom stereocenters. The lowest BCUT2D eigenvalue weighted by atomic mass is 9.87. The van der Waals surface area contributed by atoms with E-state index in [1.165, 1.54) is 0 Å². The molecule has 1 saturated heterocycles. The van der Waals surface area contributed by atoms with Crippen molar-refractivity contribution in [2.24, 2.45) is 17.6 Å². The number of piperidine rings is 1. The van der Waals surface area contributed by atoms with E-state index < -0.39 is 0 Å². The molecule has 0 saturated carbocycles. The molecule has 3 N–H and O–H groups in total. The van der Waals surface area contributed by atoms with Gasteiger partial charge < -0.3 is 10.7 Å². The molecule has 0 bridgehead atoms. The number of rotatable bonds is 3. The highest BCUT2D eigenvalue weighted by Gasteiger charge is 2.25. The van der Waals surface area contributed by atoms with Gasteiger partial charge in [0.15, 0.2) is 0 Å². The van der Waals surface area contributed by atoms with E-state index >= 15 is 0 Å². The minimum atomic E-state index is -0.0589. The maximum Gasteiger partial charge on any atom is 0.258 e. The van der Waals surface area contributed by atoms with Gasteiger partial charge in [-0.05, 0) is 43.5 Å². The van der Waals surface area contributed by atoms with Crippen molar-refractivity contribution in [3.8, 4) is 0 Å². The van der Waals surface area contributed by atoms with Crippen LogP contribution in [0.4, 0.5) is 0 Å². The zero-order valence-electron chi connectivity index (χ0n) is 12.4. The Kier molecular flexibility index (Phi) is 4.03. The van der Waals surface area contributed by atoms with Gasteiger partial charge in [-0.3, -0.25) is 9.69 Å². The van der Waals surface area contributed by atoms with Crippen molar-refractivity contribution in [2.75, 3.05) is 19.6 Å². The third kappa shape index (κ3) is 2.99. The number of aromatic nitrogens is 2. The first-order chi connectivity index (χ1) is 10.2. The number of likely N-dealkylation sites (tertiary alicyclic amines) is 1. The summed E-state index contributed by atoms with van der Waals surface area (Å²) < 4.78 is 0. The third-order valence-electron chi connectivity index (χ3n) is 4.54. The summed E-state index contributed by atoms with van der Waals surface area (Å²) >= 11 is 0. The molecule has 0 radical (unpaired) electrons. The van der Waals surface area contributed by atoms with Crippen molar-refractivity contribution in [2.45, 2.75) is 19.9 Å². The molecule has 1 fully saturated rings. The minimum Gasteiger partial charge on any atom is -0.330 e. The van der Waals surface area contributed by atoms with Gasteiger partial charge in [-0.25, -0.2) is 4.98 Å². The lowest BCUT2D eigenvalue weighted by molar-refractivity contribution is 0.123. The van der Waals surface area contributed by atoms with Gasteiger partial charge in [0.25, 0.3) is 5.56 Å². The van der Waals surface area contributed by atoms with Gasteiger partial charge >= 0.3 is 0 Å². The normalized spacial score (nSPS) is 23.5. The van der Waals surface area contributed by atoms with Crippen LogP contribution in [0, 0.1) is 11.8 Å². The van der Waals surface area contributed by atoms with Crippen LogP contribution in [-0.4, -0.2) is 34.5 Å². The van der Waals surface area contributed by atoms with Gasteiger partial charge in [0, 0.05) is 6.54 Å².